The zero-order valence-corrected chi connectivity index (χ0v) is 13.4. The van der Waals surface area contributed by atoms with Crippen molar-refractivity contribution in [2.45, 2.75) is 52.6 Å². The van der Waals surface area contributed by atoms with Crippen LogP contribution in [-0.2, 0) is 13.3 Å². The van der Waals surface area contributed by atoms with Crippen LogP contribution in [0.2, 0.25) is 6.04 Å². The Kier molecular flexibility index (Phi) is 9.85. The zero-order valence-electron chi connectivity index (χ0n) is 12.4. The summed E-state index contributed by atoms with van der Waals surface area (Å²) >= 11 is 0. The summed E-state index contributed by atoms with van der Waals surface area (Å²) in [7, 11) is -2.58. The molecule has 0 aliphatic heterocycles. The Morgan fingerprint density at radius 3 is 2.00 bits per heavy atom. The minimum Gasteiger partial charge on any atom is -0.465 e. The first-order valence-electron chi connectivity index (χ1n) is 6.91. The molecule has 0 aromatic heterocycles. The van der Waals surface area contributed by atoms with Gasteiger partial charge in [-0.1, -0.05) is 0 Å². The first-order chi connectivity index (χ1) is 8.99. The van der Waals surface area contributed by atoms with E-state index in [0.717, 1.165) is 12.8 Å². The summed E-state index contributed by atoms with van der Waals surface area (Å²) in [6.07, 6.45) is 0.567. The van der Waals surface area contributed by atoms with Gasteiger partial charge in [0.15, 0.2) is 0 Å². The Morgan fingerprint density at radius 2 is 1.63 bits per heavy atom. The van der Waals surface area contributed by atoms with Crippen LogP contribution in [0.15, 0.2) is 0 Å². The second kappa shape index (κ2) is 10.2. The number of hydrogen-bond donors (Lipinski definition) is 2. The van der Waals surface area contributed by atoms with Gasteiger partial charge in [-0.05, 0) is 40.5 Å². The molecule has 0 saturated heterocycles. The van der Waals surface area contributed by atoms with Crippen LogP contribution in [0, 0.1) is 0 Å². The van der Waals surface area contributed by atoms with Crippen molar-refractivity contribution in [1.82, 2.24) is 5.32 Å². The van der Waals surface area contributed by atoms with Crippen molar-refractivity contribution in [3.63, 3.8) is 0 Å². The number of amides is 1. The van der Waals surface area contributed by atoms with Gasteiger partial charge in [-0.15, -0.1) is 0 Å². The van der Waals surface area contributed by atoms with Crippen LogP contribution in [0.3, 0.4) is 0 Å². The molecule has 0 aliphatic carbocycles. The maximum absolute atomic E-state index is 10.5. The average Bonchev–Trinajstić information content (AvgIpc) is 2.28. The third kappa shape index (κ3) is 8.20. The number of carboxylic acid groups (broad SMARTS) is 1. The van der Waals surface area contributed by atoms with Crippen molar-refractivity contribution in [1.29, 1.82) is 0 Å². The molecule has 0 bridgehead atoms. The average molecular weight is 293 g/mol. The van der Waals surface area contributed by atoms with Crippen molar-refractivity contribution in [3.8, 4) is 0 Å². The first-order valence-corrected chi connectivity index (χ1v) is 8.84. The van der Waals surface area contributed by atoms with Crippen molar-refractivity contribution >= 4 is 14.9 Å². The predicted molar refractivity (Wildman–Crippen MR) is 75.3 cm³/mol. The summed E-state index contributed by atoms with van der Waals surface area (Å²) in [4.78, 5) is 10.5. The molecule has 0 spiro atoms. The molecule has 0 heterocycles. The molecule has 0 aromatic rings. The van der Waals surface area contributed by atoms with E-state index in [9.17, 15) is 4.79 Å². The highest BCUT2D eigenvalue weighted by Gasteiger charge is 2.39. The fourth-order valence-corrected chi connectivity index (χ4v) is 4.55. The summed E-state index contributed by atoms with van der Waals surface area (Å²) in [5, 5.41) is 11.1. The largest absolute Gasteiger partial charge is 0.500 e. The molecule has 1 unspecified atom stereocenters. The quantitative estimate of drug-likeness (QED) is 0.572. The molecule has 0 rings (SSSR count). The van der Waals surface area contributed by atoms with Gasteiger partial charge in [-0.2, -0.15) is 0 Å². The Hall–Kier alpha value is -0.633. The molecular formula is C12H27NO5Si. The SMILES string of the molecule is CCO[Si](CCCC(C)NC(=O)O)(OCC)OCC. The standard InChI is InChI=1S/C12H27NO5Si/c1-5-16-19(17-6-2,18-7-3)10-8-9-11(4)13-12(14)15/h11,13H,5-10H2,1-4H3,(H,14,15). The molecule has 19 heavy (non-hydrogen) atoms. The normalized spacial score (nSPS) is 13.3. The van der Waals surface area contributed by atoms with E-state index < -0.39 is 14.9 Å². The van der Waals surface area contributed by atoms with E-state index in [0.29, 0.717) is 25.9 Å². The summed E-state index contributed by atoms with van der Waals surface area (Å²) in [6, 6.07) is 0.642. The van der Waals surface area contributed by atoms with Gasteiger partial charge in [-0.3, -0.25) is 0 Å². The van der Waals surface area contributed by atoms with Crippen molar-refractivity contribution in [3.05, 3.63) is 0 Å². The number of carbonyl (C=O) groups is 1. The van der Waals surface area contributed by atoms with E-state index >= 15 is 0 Å². The van der Waals surface area contributed by atoms with Crippen molar-refractivity contribution < 1.29 is 23.2 Å². The Labute approximate surface area is 116 Å². The molecular weight excluding hydrogens is 266 g/mol. The number of hydrogen-bond acceptors (Lipinski definition) is 4. The molecule has 0 fully saturated rings. The molecule has 114 valence electrons. The van der Waals surface area contributed by atoms with Gasteiger partial charge in [0.25, 0.3) is 0 Å². The zero-order chi connectivity index (χ0) is 14.7. The molecule has 0 saturated carbocycles. The van der Waals surface area contributed by atoms with Gasteiger partial charge in [0.2, 0.25) is 0 Å². The molecule has 6 nitrogen and oxygen atoms in total. The minimum atomic E-state index is -2.58. The van der Waals surface area contributed by atoms with E-state index in [1.54, 1.807) is 0 Å². The lowest BCUT2D eigenvalue weighted by Crippen LogP contribution is -2.46. The summed E-state index contributed by atoms with van der Waals surface area (Å²) in [5.41, 5.74) is 0. The molecule has 0 aromatic carbocycles. The van der Waals surface area contributed by atoms with Crippen LogP contribution < -0.4 is 5.32 Å². The lowest BCUT2D eigenvalue weighted by molar-refractivity contribution is 0.0705. The third-order valence-electron chi connectivity index (χ3n) is 2.58. The molecule has 1 amide bonds. The van der Waals surface area contributed by atoms with E-state index in [4.69, 9.17) is 18.4 Å². The summed E-state index contributed by atoms with van der Waals surface area (Å²) in [5.74, 6) is 0. The van der Waals surface area contributed by atoms with Gasteiger partial charge < -0.3 is 23.7 Å². The lowest BCUT2D eigenvalue weighted by Gasteiger charge is -2.28. The van der Waals surface area contributed by atoms with Crippen LogP contribution in [0.25, 0.3) is 0 Å². The summed E-state index contributed by atoms with van der Waals surface area (Å²) < 4.78 is 17.2. The molecule has 0 radical (unpaired) electrons. The van der Waals surface area contributed by atoms with E-state index in [1.807, 2.05) is 27.7 Å². The lowest BCUT2D eigenvalue weighted by atomic mass is 10.2. The first kappa shape index (κ1) is 18.4. The summed E-state index contributed by atoms with van der Waals surface area (Å²) in [6.45, 7) is 9.32. The molecule has 7 heteroatoms. The maximum atomic E-state index is 10.5. The van der Waals surface area contributed by atoms with E-state index in [-0.39, 0.29) is 6.04 Å². The molecule has 0 aliphatic rings. The van der Waals surface area contributed by atoms with Gasteiger partial charge in [0.05, 0.1) is 0 Å². The van der Waals surface area contributed by atoms with Crippen molar-refractivity contribution in [2.24, 2.45) is 0 Å². The smallest absolute Gasteiger partial charge is 0.465 e. The fraction of sp³-hybridized carbons (Fsp3) is 0.917. The number of nitrogens with one attached hydrogen (secondary N) is 1. The minimum absolute atomic E-state index is 0.0749. The van der Waals surface area contributed by atoms with Gasteiger partial charge in [0, 0.05) is 31.9 Å². The molecule has 1 atom stereocenters. The van der Waals surface area contributed by atoms with Gasteiger partial charge in [-0.25, -0.2) is 4.79 Å². The second-order valence-electron chi connectivity index (χ2n) is 4.22. The Morgan fingerprint density at radius 1 is 1.16 bits per heavy atom. The Bertz CT molecular complexity index is 235. The predicted octanol–water partition coefficient (Wildman–Crippen LogP) is 2.47. The monoisotopic (exact) mass is 293 g/mol. The van der Waals surface area contributed by atoms with Crippen LogP contribution >= 0.6 is 0 Å². The molecule has 2 N–H and O–H groups in total. The third-order valence-corrected chi connectivity index (χ3v) is 5.73. The Balaban J connectivity index is 4.26. The van der Waals surface area contributed by atoms with Crippen LogP contribution in [0.4, 0.5) is 4.79 Å². The maximum Gasteiger partial charge on any atom is 0.500 e. The van der Waals surface area contributed by atoms with Gasteiger partial charge in [0.1, 0.15) is 0 Å². The van der Waals surface area contributed by atoms with E-state index in [1.165, 1.54) is 0 Å². The van der Waals surface area contributed by atoms with Crippen LogP contribution in [0.1, 0.15) is 40.5 Å². The number of rotatable bonds is 11. The highest BCUT2D eigenvalue weighted by molar-refractivity contribution is 6.60. The van der Waals surface area contributed by atoms with E-state index in [2.05, 4.69) is 5.32 Å². The second-order valence-corrected chi connectivity index (χ2v) is 6.96. The van der Waals surface area contributed by atoms with Crippen LogP contribution in [-0.4, -0.2) is 45.9 Å². The highest BCUT2D eigenvalue weighted by atomic mass is 28.4. The highest BCUT2D eigenvalue weighted by Crippen LogP contribution is 2.19. The topological polar surface area (TPSA) is 77.0 Å². The van der Waals surface area contributed by atoms with Gasteiger partial charge >= 0.3 is 14.9 Å². The fourth-order valence-electron chi connectivity index (χ4n) is 1.91. The van der Waals surface area contributed by atoms with Crippen molar-refractivity contribution in [2.75, 3.05) is 19.8 Å². The van der Waals surface area contributed by atoms with Crippen LogP contribution in [0.5, 0.6) is 0 Å².